The molecule has 0 amide bonds. The first-order valence-corrected chi connectivity index (χ1v) is 29.6. The minimum absolute atomic E-state index is 0. The van der Waals surface area contributed by atoms with Crippen LogP contribution in [0, 0.1) is 0 Å². The Hall–Kier alpha value is -6.32. The van der Waals surface area contributed by atoms with Crippen LogP contribution in [0.5, 0.6) is 0 Å². The van der Waals surface area contributed by atoms with Crippen LogP contribution in [0.15, 0.2) is 114 Å². The summed E-state index contributed by atoms with van der Waals surface area (Å²) < 4.78 is 5.93. The van der Waals surface area contributed by atoms with Gasteiger partial charge in [0.2, 0.25) is 0 Å². The lowest BCUT2D eigenvalue weighted by atomic mass is 10.1. The molecule has 10 aromatic rings. The molecule has 4 aliphatic heterocycles. The standard InChI is InChI=1S/C15H16N4S.C14H15N5S.C13H15N3S.C11H13ClN4S.CH4/c1-4-8-18(9-5-1)15-17-14(10-20-15)19-11-16-12-6-2-3-7-13(12)19;1-2-6-18(7-3-1)14-17-13(9-20-14)19-10-16-11-4-5-15-8-12(11)19;1-2-8-16(9-3-1)13-15-12(10-17-13)11-4-6-14-7-5-11;12-9-6-16(8-13-9)10-7-17-11(14-10)15-4-2-1-3-5-15;/h2-3,6-7,10-11H,1,4-5,8-9H2;4-5,8-10H,1-3,6-7H2;4-7,10H,1-3,8-9H2;6-8H,1-5H2;1H4. The summed E-state index contributed by atoms with van der Waals surface area (Å²) in [5, 5.41) is 13.4. The quantitative estimate of drug-likeness (QED) is 0.142. The number of aromatic nitrogens is 12. The molecule has 0 N–H and O–H groups in total. The van der Waals surface area contributed by atoms with E-state index in [4.69, 9.17) is 26.6 Å². The van der Waals surface area contributed by atoms with E-state index in [2.05, 4.69) is 76.3 Å². The van der Waals surface area contributed by atoms with Crippen LogP contribution < -0.4 is 19.6 Å². The van der Waals surface area contributed by atoms with E-state index in [0.717, 1.165) is 124 Å². The highest BCUT2D eigenvalue weighted by Gasteiger charge is 2.19. The lowest BCUT2D eigenvalue weighted by molar-refractivity contribution is 0.576. The van der Waals surface area contributed by atoms with E-state index in [9.17, 15) is 0 Å². The van der Waals surface area contributed by atoms with Gasteiger partial charge in [0.15, 0.2) is 38.0 Å². The van der Waals surface area contributed by atoms with Crippen LogP contribution in [0.4, 0.5) is 20.5 Å². The molecule has 0 saturated carbocycles. The van der Waals surface area contributed by atoms with Crippen LogP contribution in [0.3, 0.4) is 0 Å². The molecule has 4 saturated heterocycles. The van der Waals surface area contributed by atoms with Gasteiger partial charge < -0.3 is 19.6 Å². The topological polar surface area (TPSA) is 144 Å². The fourth-order valence-electron chi connectivity index (χ4n) is 9.55. The highest BCUT2D eigenvalue weighted by molar-refractivity contribution is 7.14. The zero-order valence-corrected chi connectivity index (χ0v) is 45.3. The van der Waals surface area contributed by atoms with Crippen LogP contribution in [0.1, 0.15) is 84.5 Å². The van der Waals surface area contributed by atoms with Crippen molar-refractivity contribution in [2.75, 3.05) is 72.0 Å². The predicted octanol–water partition coefficient (Wildman–Crippen LogP) is 13.1. The van der Waals surface area contributed by atoms with Gasteiger partial charge >= 0.3 is 0 Å². The second kappa shape index (κ2) is 25.5. The molecule has 16 nitrogen and oxygen atoms in total. The Kier molecular flexibility index (Phi) is 17.7. The van der Waals surface area contributed by atoms with Gasteiger partial charge in [0.1, 0.15) is 24.1 Å². The molecule has 13 heterocycles. The number of piperidine rings is 4. The Morgan fingerprint density at radius 3 is 1.41 bits per heavy atom. The molecular formula is C54H63ClN16S4. The van der Waals surface area contributed by atoms with E-state index >= 15 is 0 Å². The van der Waals surface area contributed by atoms with Crippen molar-refractivity contribution in [2.45, 2.75) is 84.5 Å². The van der Waals surface area contributed by atoms with Crippen LogP contribution in [0.25, 0.3) is 50.8 Å². The van der Waals surface area contributed by atoms with Gasteiger partial charge in [0.05, 0.1) is 34.0 Å². The van der Waals surface area contributed by atoms with Crippen molar-refractivity contribution in [3.05, 3.63) is 119 Å². The first-order valence-electron chi connectivity index (χ1n) is 25.7. The molecule has 21 heteroatoms. The number of imidazole rings is 3. The summed E-state index contributed by atoms with van der Waals surface area (Å²) in [6.45, 7) is 9.08. The Bertz CT molecular complexity index is 3170. The fraction of sp³-hybridized carbons (Fsp3) is 0.389. The van der Waals surface area contributed by atoms with E-state index in [0.29, 0.717) is 5.15 Å². The summed E-state index contributed by atoms with van der Waals surface area (Å²) in [4.78, 5) is 49.5. The fourth-order valence-corrected chi connectivity index (χ4v) is 13.2. The first-order chi connectivity index (χ1) is 36.6. The number of nitrogens with zero attached hydrogens (tertiary/aromatic N) is 16. The van der Waals surface area contributed by atoms with Gasteiger partial charge in [-0.2, -0.15) is 0 Å². The van der Waals surface area contributed by atoms with E-state index in [1.165, 1.54) is 77.0 Å². The van der Waals surface area contributed by atoms with Gasteiger partial charge in [0, 0.05) is 104 Å². The number of rotatable bonds is 8. The third-order valence-electron chi connectivity index (χ3n) is 13.5. The largest absolute Gasteiger partial charge is 0.348 e. The SMILES string of the molecule is C.Clc1cn(-c2csc(N3CCCCC3)n2)cn1.c1cc(-c2csc(N3CCCCC3)n2)ccn1.c1cc2ncn(-c3csc(N4CCCCC4)n3)c2cn1.c1ccc2c(c1)ncn2-c1csc(N2CCCCC2)n1. The molecule has 75 heavy (non-hydrogen) atoms. The van der Waals surface area contributed by atoms with Crippen molar-refractivity contribution in [2.24, 2.45) is 0 Å². The molecule has 1 aromatic carbocycles. The third-order valence-corrected chi connectivity index (χ3v) is 17.3. The molecule has 0 atom stereocenters. The molecule has 0 unspecified atom stereocenters. The van der Waals surface area contributed by atoms with Gasteiger partial charge in [-0.15, -0.1) is 45.3 Å². The summed E-state index contributed by atoms with van der Waals surface area (Å²) in [5.74, 6) is 2.81. The maximum absolute atomic E-state index is 5.80. The van der Waals surface area contributed by atoms with Crippen LogP contribution in [-0.4, -0.2) is 111 Å². The smallest absolute Gasteiger partial charge is 0.187 e. The number of para-hydroxylation sites is 2. The second-order valence-electron chi connectivity index (χ2n) is 18.6. The van der Waals surface area contributed by atoms with Gasteiger partial charge in [-0.05, 0) is 107 Å². The molecule has 9 aromatic heterocycles. The molecule has 0 bridgehead atoms. The Morgan fingerprint density at radius 1 is 0.427 bits per heavy atom. The number of benzene rings is 1. The molecule has 4 aliphatic rings. The average Bonchev–Trinajstić information content (AvgIpc) is 4.35. The van der Waals surface area contributed by atoms with Gasteiger partial charge in [-0.25, -0.2) is 34.9 Å². The number of hydrogen-bond acceptors (Lipinski definition) is 17. The molecule has 14 rings (SSSR count). The Morgan fingerprint density at radius 2 is 0.880 bits per heavy atom. The Labute approximate surface area is 459 Å². The van der Waals surface area contributed by atoms with Gasteiger partial charge in [-0.1, -0.05) is 31.2 Å². The number of hydrogen-bond donors (Lipinski definition) is 0. The van der Waals surface area contributed by atoms with E-state index in [1.807, 2.05) is 82.2 Å². The molecule has 0 aliphatic carbocycles. The summed E-state index contributed by atoms with van der Waals surface area (Å²) in [6.07, 6.45) is 30.0. The van der Waals surface area contributed by atoms with Crippen LogP contribution in [-0.2, 0) is 0 Å². The van der Waals surface area contributed by atoms with Crippen molar-refractivity contribution in [3.8, 4) is 28.7 Å². The zero-order chi connectivity index (χ0) is 49.9. The van der Waals surface area contributed by atoms with Crippen molar-refractivity contribution < 1.29 is 0 Å². The Balaban J connectivity index is 0.000000114. The van der Waals surface area contributed by atoms with E-state index in [-0.39, 0.29) is 7.43 Å². The van der Waals surface area contributed by atoms with Crippen LogP contribution >= 0.6 is 56.9 Å². The lowest BCUT2D eigenvalue weighted by Crippen LogP contribution is -2.29. The summed E-state index contributed by atoms with van der Waals surface area (Å²) in [7, 11) is 0. The third kappa shape index (κ3) is 12.9. The molecule has 0 spiro atoms. The highest BCUT2D eigenvalue weighted by Crippen LogP contribution is 2.31. The maximum atomic E-state index is 5.80. The van der Waals surface area contributed by atoms with Gasteiger partial charge in [-0.3, -0.25) is 23.7 Å². The number of pyridine rings is 2. The average molecular weight is 1100 g/mol. The van der Waals surface area contributed by atoms with Crippen molar-refractivity contribution >= 4 is 99.5 Å². The maximum Gasteiger partial charge on any atom is 0.187 e. The van der Waals surface area contributed by atoms with E-state index < -0.39 is 0 Å². The normalized spacial score (nSPS) is 15.9. The number of anilines is 4. The summed E-state index contributed by atoms with van der Waals surface area (Å²) >= 11 is 12.7. The van der Waals surface area contributed by atoms with Crippen molar-refractivity contribution in [1.29, 1.82) is 0 Å². The summed E-state index contributed by atoms with van der Waals surface area (Å²) in [5.41, 5.74) is 6.30. The number of fused-ring (bicyclic) bond motifs is 2. The second-order valence-corrected chi connectivity index (χ2v) is 22.3. The van der Waals surface area contributed by atoms with Gasteiger partial charge in [0.25, 0.3) is 0 Å². The molecular weight excluding hydrogens is 1040 g/mol. The van der Waals surface area contributed by atoms with Crippen molar-refractivity contribution in [1.82, 2.24) is 58.6 Å². The van der Waals surface area contributed by atoms with E-state index in [1.54, 1.807) is 64.1 Å². The minimum atomic E-state index is 0. The first kappa shape index (κ1) is 52.1. The number of halogens is 1. The molecule has 390 valence electrons. The summed E-state index contributed by atoms with van der Waals surface area (Å²) in [6, 6.07) is 14.1. The lowest BCUT2D eigenvalue weighted by Gasteiger charge is -2.25. The predicted molar refractivity (Wildman–Crippen MR) is 312 cm³/mol. The molecule has 4 fully saturated rings. The van der Waals surface area contributed by atoms with Crippen molar-refractivity contribution in [3.63, 3.8) is 0 Å². The number of thiazole rings is 4. The monoisotopic (exact) mass is 1100 g/mol. The molecule has 0 radical (unpaired) electrons. The minimum Gasteiger partial charge on any atom is -0.348 e. The zero-order valence-electron chi connectivity index (χ0n) is 41.3. The van der Waals surface area contributed by atoms with Crippen LogP contribution in [0.2, 0.25) is 5.15 Å². The highest BCUT2D eigenvalue weighted by atomic mass is 35.5.